The summed E-state index contributed by atoms with van der Waals surface area (Å²) in [6, 6.07) is 9.24. The summed E-state index contributed by atoms with van der Waals surface area (Å²) in [7, 11) is 0. The van der Waals surface area contributed by atoms with Crippen LogP contribution in [0.25, 0.3) is 0 Å². The Labute approximate surface area is 121 Å². The highest BCUT2D eigenvalue weighted by atomic mass is 35.5. The van der Waals surface area contributed by atoms with Crippen molar-refractivity contribution in [3.05, 3.63) is 69.0 Å². The number of halogens is 3. The van der Waals surface area contributed by atoms with E-state index in [1.807, 2.05) is 13.0 Å². The Bertz CT molecular complexity index is 550. The van der Waals surface area contributed by atoms with Gasteiger partial charge in [-0.25, -0.2) is 9.82 Å². The van der Waals surface area contributed by atoms with Crippen molar-refractivity contribution in [3.8, 4) is 0 Å². The minimum absolute atomic E-state index is 0.362. The largest absolute Gasteiger partial charge is 0.271 e. The maximum absolute atomic E-state index is 13.4. The zero-order valence-corrected chi connectivity index (χ0v) is 11.8. The summed E-state index contributed by atoms with van der Waals surface area (Å²) in [5, 5.41) is 1.04. The van der Waals surface area contributed by atoms with Crippen molar-refractivity contribution in [2.45, 2.75) is 13.0 Å². The minimum atomic E-state index is -0.415. The number of nitrogens with two attached hydrogens (primary N) is 1. The molecule has 2 aromatic carbocycles. The van der Waals surface area contributed by atoms with Gasteiger partial charge < -0.3 is 0 Å². The van der Waals surface area contributed by atoms with Crippen LogP contribution in [0, 0.1) is 12.7 Å². The van der Waals surface area contributed by atoms with Crippen LogP contribution in [0.2, 0.25) is 10.0 Å². The Hall–Kier alpha value is -1.13. The van der Waals surface area contributed by atoms with E-state index in [-0.39, 0.29) is 5.82 Å². The minimum Gasteiger partial charge on any atom is -0.271 e. The third-order valence-corrected chi connectivity index (χ3v) is 3.57. The average molecular weight is 299 g/mol. The molecule has 1 unspecified atom stereocenters. The molecule has 0 aliphatic carbocycles. The molecule has 0 aliphatic rings. The van der Waals surface area contributed by atoms with Gasteiger partial charge in [-0.3, -0.25) is 5.84 Å². The summed E-state index contributed by atoms with van der Waals surface area (Å²) in [5.41, 5.74) is 5.10. The molecule has 0 amide bonds. The Morgan fingerprint density at radius 2 is 1.84 bits per heavy atom. The first kappa shape index (κ1) is 14.3. The Morgan fingerprint density at radius 3 is 2.53 bits per heavy atom. The number of aryl methyl sites for hydroxylation is 1. The molecule has 2 nitrogen and oxygen atoms in total. The van der Waals surface area contributed by atoms with E-state index in [1.54, 1.807) is 12.1 Å². The lowest BCUT2D eigenvalue weighted by Gasteiger charge is -2.20. The second kappa shape index (κ2) is 5.88. The number of hydrazine groups is 1. The molecule has 3 N–H and O–H groups in total. The monoisotopic (exact) mass is 298 g/mol. The highest BCUT2D eigenvalue weighted by molar-refractivity contribution is 6.31. The molecule has 1 atom stereocenters. The summed E-state index contributed by atoms with van der Waals surface area (Å²) < 4.78 is 13.4. The standard InChI is InChI=1S/C14H13Cl2FN2/c1-8-2-3-9(15)6-11(8)14(19-18)12-7-10(17)4-5-13(12)16/h2-7,14,19H,18H2,1H3. The second-order valence-electron chi connectivity index (χ2n) is 4.27. The third-order valence-electron chi connectivity index (χ3n) is 2.99. The fourth-order valence-electron chi connectivity index (χ4n) is 2.01. The molecular formula is C14H13Cl2FN2. The Morgan fingerprint density at radius 1 is 1.11 bits per heavy atom. The van der Waals surface area contributed by atoms with Crippen molar-refractivity contribution in [1.82, 2.24) is 5.43 Å². The molecule has 0 aliphatic heterocycles. The molecule has 0 fully saturated rings. The average Bonchev–Trinajstić information content (AvgIpc) is 2.38. The van der Waals surface area contributed by atoms with Crippen molar-refractivity contribution >= 4 is 23.2 Å². The van der Waals surface area contributed by atoms with Crippen LogP contribution in [-0.4, -0.2) is 0 Å². The summed E-state index contributed by atoms with van der Waals surface area (Å²) in [6.07, 6.45) is 0. The molecular weight excluding hydrogens is 286 g/mol. The zero-order valence-electron chi connectivity index (χ0n) is 10.3. The van der Waals surface area contributed by atoms with Crippen LogP contribution in [-0.2, 0) is 0 Å². The highest BCUT2D eigenvalue weighted by Gasteiger charge is 2.18. The first-order valence-corrected chi connectivity index (χ1v) is 6.45. The summed E-state index contributed by atoms with van der Waals surface area (Å²) in [5.74, 6) is 5.24. The van der Waals surface area contributed by atoms with E-state index >= 15 is 0 Å². The van der Waals surface area contributed by atoms with Crippen molar-refractivity contribution < 1.29 is 4.39 Å². The number of benzene rings is 2. The van der Waals surface area contributed by atoms with Gasteiger partial charge in [0.2, 0.25) is 0 Å². The van der Waals surface area contributed by atoms with Gasteiger partial charge in [0.25, 0.3) is 0 Å². The lowest BCUT2D eigenvalue weighted by molar-refractivity contribution is 0.604. The van der Waals surface area contributed by atoms with Crippen molar-refractivity contribution in [3.63, 3.8) is 0 Å². The molecule has 5 heteroatoms. The topological polar surface area (TPSA) is 38.0 Å². The third kappa shape index (κ3) is 3.07. The number of hydrogen-bond acceptors (Lipinski definition) is 2. The van der Waals surface area contributed by atoms with Gasteiger partial charge in [-0.05, 0) is 53.9 Å². The van der Waals surface area contributed by atoms with E-state index in [4.69, 9.17) is 29.0 Å². The van der Waals surface area contributed by atoms with Gasteiger partial charge in [0.1, 0.15) is 5.82 Å². The molecule has 0 aromatic heterocycles. The van der Waals surface area contributed by atoms with Gasteiger partial charge in [0.15, 0.2) is 0 Å². The molecule has 0 saturated carbocycles. The Balaban J connectivity index is 2.55. The summed E-state index contributed by atoms with van der Waals surface area (Å²) in [6.45, 7) is 1.93. The molecule has 0 heterocycles. The number of hydrogen-bond donors (Lipinski definition) is 2. The van der Waals surface area contributed by atoms with Gasteiger partial charge in [-0.15, -0.1) is 0 Å². The SMILES string of the molecule is Cc1ccc(Cl)cc1C(NN)c1cc(F)ccc1Cl. The first-order chi connectivity index (χ1) is 9.02. The van der Waals surface area contributed by atoms with Gasteiger partial charge in [-0.1, -0.05) is 29.3 Å². The maximum atomic E-state index is 13.4. The predicted octanol–water partition coefficient (Wildman–Crippen LogP) is 3.99. The van der Waals surface area contributed by atoms with Crippen molar-refractivity contribution in [1.29, 1.82) is 0 Å². The van der Waals surface area contributed by atoms with Gasteiger partial charge in [0, 0.05) is 10.0 Å². The highest BCUT2D eigenvalue weighted by Crippen LogP contribution is 2.31. The molecule has 0 saturated heterocycles. The van der Waals surface area contributed by atoms with E-state index < -0.39 is 6.04 Å². The van der Waals surface area contributed by atoms with Crippen molar-refractivity contribution in [2.75, 3.05) is 0 Å². The van der Waals surface area contributed by atoms with E-state index in [9.17, 15) is 4.39 Å². The summed E-state index contributed by atoms with van der Waals surface area (Å²) >= 11 is 12.1. The second-order valence-corrected chi connectivity index (χ2v) is 5.11. The lowest BCUT2D eigenvalue weighted by atomic mass is 9.95. The number of nitrogens with one attached hydrogen (secondary N) is 1. The zero-order chi connectivity index (χ0) is 14.0. The quantitative estimate of drug-likeness (QED) is 0.664. The van der Waals surface area contributed by atoms with Crippen LogP contribution in [0.5, 0.6) is 0 Å². The van der Waals surface area contributed by atoms with E-state index in [0.29, 0.717) is 15.6 Å². The molecule has 2 aromatic rings. The van der Waals surface area contributed by atoms with E-state index in [1.165, 1.54) is 18.2 Å². The van der Waals surface area contributed by atoms with Gasteiger partial charge in [0.05, 0.1) is 6.04 Å². The molecule has 100 valence electrons. The molecule has 0 radical (unpaired) electrons. The van der Waals surface area contributed by atoms with Crippen LogP contribution in [0.15, 0.2) is 36.4 Å². The molecule has 0 spiro atoms. The first-order valence-electron chi connectivity index (χ1n) is 5.70. The van der Waals surface area contributed by atoms with Crippen LogP contribution in [0.1, 0.15) is 22.7 Å². The lowest BCUT2D eigenvalue weighted by Crippen LogP contribution is -2.29. The fourth-order valence-corrected chi connectivity index (χ4v) is 2.41. The smallest absolute Gasteiger partial charge is 0.123 e. The number of rotatable bonds is 3. The molecule has 19 heavy (non-hydrogen) atoms. The molecule has 2 rings (SSSR count). The van der Waals surface area contributed by atoms with Crippen LogP contribution < -0.4 is 11.3 Å². The van der Waals surface area contributed by atoms with Crippen molar-refractivity contribution in [2.24, 2.45) is 5.84 Å². The maximum Gasteiger partial charge on any atom is 0.123 e. The molecule has 0 bridgehead atoms. The summed E-state index contributed by atoms with van der Waals surface area (Å²) in [4.78, 5) is 0. The van der Waals surface area contributed by atoms with Gasteiger partial charge in [-0.2, -0.15) is 0 Å². The van der Waals surface area contributed by atoms with Crippen LogP contribution >= 0.6 is 23.2 Å². The Kier molecular flexibility index (Phi) is 4.42. The van der Waals surface area contributed by atoms with Crippen LogP contribution in [0.4, 0.5) is 4.39 Å². The van der Waals surface area contributed by atoms with Crippen LogP contribution in [0.3, 0.4) is 0 Å². The fraction of sp³-hybridized carbons (Fsp3) is 0.143. The normalized spacial score (nSPS) is 12.5. The van der Waals surface area contributed by atoms with E-state index in [2.05, 4.69) is 5.43 Å². The van der Waals surface area contributed by atoms with E-state index in [0.717, 1.165) is 11.1 Å². The predicted molar refractivity (Wildman–Crippen MR) is 76.8 cm³/mol. The van der Waals surface area contributed by atoms with Gasteiger partial charge >= 0.3 is 0 Å².